The van der Waals surface area contributed by atoms with Crippen LogP contribution in [0.1, 0.15) is 25.2 Å². The normalized spacial score (nSPS) is 20.9. The molecule has 1 unspecified atom stereocenters. The molecule has 1 aliphatic heterocycles. The van der Waals surface area contributed by atoms with Crippen LogP contribution in [0.4, 0.5) is 0 Å². The van der Waals surface area contributed by atoms with E-state index in [0.717, 1.165) is 34.7 Å². The van der Waals surface area contributed by atoms with Crippen LogP contribution in [-0.4, -0.2) is 52.3 Å². The number of aromatic nitrogens is 2. The highest BCUT2D eigenvalue weighted by atomic mass is 79.9. The van der Waals surface area contributed by atoms with Crippen LogP contribution in [0.5, 0.6) is 0 Å². The maximum absolute atomic E-state index is 12.3. The van der Waals surface area contributed by atoms with Gasteiger partial charge in [-0.2, -0.15) is 16.9 Å². The molecule has 1 aliphatic rings. The SMILES string of the molecule is CCn1nc(C)c(Br)c1CN1CCSCC1S(=O)(=O)CC. The first-order valence-electron chi connectivity index (χ1n) is 7.15. The zero-order valence-corrected chi connectivity index (χ0v) is 15.9. The van der Waals surface area contributed by atoms with Gasteiger partial charge >= 0.3 is 0 Å². The number of thioether (sulfide) groups is 1. The van der Waals surface area contributed by atoms with Gasteiger partial charge < -0.3 is 0 Å². The Balaban J connectivity index is 2.28. The van der Waals surface area contributed by atoms with Crippen molar-refractivity contribution >= 4 is 37.5 Å². The quantitative estimate of drug-likeness (QED) is 0.765. The second kappa shape index (κ2) is 7.02. The third kappa shape index (κ3) is 3.65. The third-order valence-electron chi connectivity index (χ3n) is 3.81. The van der Waals surface area contributed by atoms with Gasteiger partial charge in [0.15, 0.2) is 9.84 Å². The van der Waals surface area contributed by atoms with E-state index in [1.54, 1.807) is 18.7 Å². The molecule has 0 saturated carbocycles. The van der Waals surface area contributed by atoms with E-state index in [2.05, 4.69) is 32.9 Å². The predicted molar refractivity (Wildman–Crippen MR) is 91.3 cm³/mol. The van der Waals surface area contributed by atoms with E-state index in [4.69, 9.17) is 0 Å². The van der Waals surface area contributed by atoms with Crippen molar-refractivity contribution in [1.29, 1.82) is 0 Å². The van der Waals surface area contributed by atoms with Gasteiger partial charge in [0, 0.05) is 36.9 Å². The van der Waals surface area contributed by atoms with E-state index < -0.39 is 9.84 Å². The highest BCUT2D eigenvalue weighted by molar-refractivity contribution is 9.10. The molecule has 0 amide bonds. The van der Waals surface area contributed by atoms with Crippen molar-refractivity contribution in [3.63, 3.8) is 0 Å². The minimum atomic E-state index is -3.06. The molecule has 0 bridgehead atoms. The number of aryl methyl sites for hydroxylation is 2. The first kappa shape index (κ1) is 17.3. The maximum atomic E-state index is 12.3. The molecule has 8 heteroatoms. The van der Waals surface area contributed by atoms with Crippen molar-refractivity contribution < 1.29 is 8.42 Å². The first-order valence-corrected chi connectivity index (χ1v) is 10.8. The van der Waals surface area contributed by atoms with Crippen LogP contribution >= 0.6 is 27.7 Å². The second-order valence-corrected chi connectivity index (χ2v) is 9.50. The number of rotatable bonds is 5. The van der Waals surface area contributed by atoms with E-state index in [1.807, 2.05) is 11.6 Å². The third-order valence-corrected chi connectivity index (χ3v) is 8.18. The van der Waals surface area contributed by atoms with Gasteiger partial charge in [0.1, 0.15) is 5.37 Å². The van der Waals surface area contributed by atoms with Gasteiger partial charge in [-0.25, -0.2) is 8.42 Å². The fourth-order valence-corrected chi connectivity index (χ4v) is 6.02. The second-order valence-electron chi connectivity index (χ2n) is 5.11. The molecule has 0 aliphatic carbocycles. The molecule has 5 nitrogen and oxygen atoms in total. The summed E-state index contributed by atoms with van der Waals surface area (Å²) in [7, 11) is -3.06. The highest BCUT2D eigenvalue weighted by Crippen LogP contribution is 2.27. The molecular weight excluding hydrogens is 374 g/mol. The Labute approximate surface area is 139 Å². The standard InChI is InChI=1S/C13H22BrN3O2S2/c1-4-17-11(13(14)10(3)15-17)8-16-6-7-20-9-12(16)21(18,19)5-2/h12H,4-9H2,1-3H3. The molecule has 0 spiro atoms. The van der Waals surface area contributed by atoms with Crippen LogP contribution in [0.25, 0.3) is 0 Å². The first-order chi connectivity index (χ1) is 9.90. The average Bonchev–Trinajstić information content (AvgIpc) is 2.75. The van der Waals surface area contributed by atoms with Crippen LogP contribution in [0.3, 0.4) is 0 Å². The molecule has 1 fully saturated rings. The molecule has 1 saturated heterocycles. The monoisotopic (exact) mass is 395 g/mol. The van der Waals surface area contributed by atoms with Crippen LogP contribution in [0.15, 0.2) is 4.47 Å². The molecule has 1 aromatic rings. The molecule has 21 heavy (non-hydrogen) atoms. The van der Waals surface area contributed by atoms with Gasteiger partial charge in [-0.05, 0) is 29.8 Å². The summed E-state index contributed by atoms with van der Waals surface area (Å²) in [6.07, 6.45) is 0. The lowest BCUT2D eigenvalue weighted by Gasteiger charge is -2.34. The van der Waals surface area contributed by atoms with Crippen molar-refractivity contribution in [2.45, 2.75) is 39.2 Å². The van der Waals surface area contributed by atoms with Crippen LogP contribution in [0.2, 0.25) is 0 Å². The van der Waals surface area contributed by atoms with Gasteiger partial charge in [0.2, 0.25) is 0 Å². The summed E-state index contributed by atoms with van der Waals surface area (Å²) >= 11 is 5.32. The Morgan fingerprint density at radius 3 is 2.76 bits per heavy atom. The number of halogens is 1. The summed E-state index contributed by atoms with van der Waals surface area (Å²) in [5, 5.41) is 4.11. The average molecular weight is 396 g/mol. The molecule has 120 valence electrons. The molecule has 0 aromatic carbocycles. The lowest BCUT2D eigenvalue weighted by atomic mass is 10.3. The fraction of sp³-hybridized carbons (Fsp3) is 0.769. The predicted octanol–water partition coefficient (Wildman–Crippen LogP) is 2.28. The summed E-state index contributed by atoms with van der Waals surface area (Å²) in [5.41, 5.74) is 2.02. The summed E-state index contributed by atoms with van der Waals surface area (Å²) < 4.78 is 27.6. The Kier molecular flexibility index (Phi) is 5.78. The van der Waals surface area contributed by atoms with Crippen molar-refractivity contribution in [2.75, 3.05) is 23.8 Å². The smallest absolute Gasteiger partial charge is 0.166 e. The zero-order chi connectivity index (χ0) is 15.6. The summed E-state index contributed by atoms with van der Waals surface area (Å²) in [6.45, 7) is 7.95. The topological polar surface area (TPSA) is 55.2 Å². The summed E-state index contributed by atoms with van der Waals surface area (Å²) in [4.78, 5) is 2.09. The molecule has 1 aromatic heterocycles. The number of hydrogen-bond acceptors (Lipinski definition) is 5. The fourth-order valence-electron chi connectivity index (χ4n) is 2.53. The van der Waals surface area contributed by atoms with Crippen LogP contribution in [-0.2, 0) is 22.9 Å². The molecule has 2 rings (SSSR count). The summed E-state index contributed by atoms with van der Waals surface area (Å²) in [6, 6.07) is 0. The van der Waals surface area contributed by atoms with Gasteiger partial charge in [0.25, 0.3) is 0 Å². The Morgan fingerprint density at radius 2 is 2.14 bits per heavy atom. The van der Waals surface area contributed by atoms with Gasteiger partial charge in [-0.15, -0.1) is 0 Å². The van der Waals surface area contributed by atoms with Crippen molar-refractivity contribution in [3.8, 4) is 0 Å². The lowest BCUT2D eigenvalue weighted by molar-refractivity contribution is 0.253. The van der Waals surface area contributed by atoms with E-state index in [-0.39, 0.29) is 11.1 Å². The van der Waals surface area contributed by atoms with Crippen LogP contribution < -0.4 is 0 Å². The van der Waals surface area contributed by atoms with E-state index in [9.17, 15) is 8.42 Å². The molecule has 0 N–H and O–H groups in total. The number of nitrogens with zero attached hydrogens (tertiary/aromatic N) is 3. The number of hydrogen-bond donors (Lipinski definition) is 0. The maximum Gasteiger partial charge on any atom is 0.166 e. The highest BCUT2D eigenvalue weighted by Gasteiger charge is 2.33. The van der Waals surface area contributed by atoms with E-state index in [1.165, 1.54) is 0 Å². The van der Waals surface area contributed by atoms with Gasteiger partial charge in [-0.3, -0.25) is 9.58 Å². The molecular formula is C13H22BrN3O2S2. The summed E-state index contributed by atoms with van der Waals surface area (Å²) in [5.74, 6) is 1.83. The lowest BCUT2D eigenvalue weighted by Crippen LogP contribution is -2.47. The number of sulfone groups is 1. The Hall–Kier alpha value is -0.0500. The van der Waals surface area contributed by atoms with Crippen LogP contribution in [0, 0.1) is 6.92 Å². The molecule has 0 radical (unpaired) electrons. The van der Waals surface area contributed by atoms with E-state index >= 15 is 0 Å². The minimum absolute atomic E-state index is 0.196. The van der Waals surface area contributed by atoms with Crippen molar-refractivity contribution in [1.82, 2.24) is 14.7 Å². The molecule has 2 heterocycles. The van der Waals surface area contributed by atoms with Gasteiger partial charge in [0.05, 0.1) is 15.9 Å². The zero-order valence-electron chi connectivity index (χ0n) is 12.7. The Bertz CT molecular complexity index is 601. The largest absolute Gasteiger partial charge is 0.280 e. The van der Waals surface area contributed by atoms with Crippen molar-refractivity contribution in [2.24, 2.45) is 0 Å². The van der Waals surface area contributed by atoms with Gasteiger partial charge in [-0.1, -0.05) is 6.92 Å². The van der Waals surface area contributed by atoms with Crippen molar-refractivity contribution in [3.05, 3.63) is 15.9 Å². The van der Waals surface area contributed by atoms with E-state index in [0.29, 0.717) is 12.3 Å². The Morgan fingerprint density at radius 1 is 1.43 bits per heavy atom. The minimum Gasteiger partial charge on any atom is -0.280 e. The molecule has 1 atom stereocenters.